The summed E-state index contributed by atoms with van der Waals surface area (Å²) >= 11 is 6.83. The molecule has 2 heterocycles. The molecule has 0 bridgehead atoms. The highest BCUT2D eigenvalue weighted by Crippen LogP contribution is 2.40. The number of hydrogen-bond acceptors (Lipinski definition) is 5. The molecule has 2 N–H and O–H groups in total. The van der Waals surface area contributed by atoms with Crippen molar-refractivity contribution in [3.05, 3.63) is 56.6 Å². The van der Waals surface area contributed by atoms with E-state index in [1.54, 1.807) is 26.2 Å². The Morgan fingerprint density at radius 1 is 1.24 bits per heavy atom. The second-order valence-electron chi connectivity index (χ2n) is 6.29. The van der Waals surface area contributed by atoms with Crippen LogP contribution in [0.4, 0.5) is 5.69 Å². The number of fused-ring (bicyclic) bond motifs is 2. The van der Waals surface area contributed by atoms with Gasteiger partial charge in [-0.25, -0.2) is 4.98 Å². The largest absolute Gasteiger partial charge is 0.494 e. The van der Waals surface area contributed by atoms with Crippen LogP contribution in [0.1, 0.15) is 16.1 Å². The Morgan fingerprint density at radius 2 is 2.03 bits per heavy atom. The Labute approximate surface area is 182 Å². The number of pyridine rings is 1. The van der Waals surface area contributed by atoms with Gasteiger partial charge in [0.05, 0.1) is 23.9 Å². The summed E-state index contributed by atoms with van der Waals surface area (Å²) in [6.45, 7) is 1.73. The lowest BCUT2D eigenvalue weighted by molar-refractivity contribution is 0.0994. The van der Waals surface area contributed by atoms with Crippen molar-refractivity contribution in [1.82, 2.24) is 9.97 Å². The number of nitrogens with zero attached hydrogens (tertiary/aromatic N) is 3. The molecule has 0 aliphatic rings. The monoisotopic (exact) mass is 516 g/mol. The van der Waals surface area contributed by atoms with Crippen LogP contribution in [-0.2, 0) is 0 Å². The van der Waals surface area contributed by atoms with Crippen molar-refractivity contribution in [2.45, 2.75) is 6.92 Å². The third kappa shape index (κ3) is 3.51. The van der Waals surface area contributed by atoms with Crippen molar-refractivity contribution in [2.75, 3.05) is 7.11 Å². The molecule has 0 atom stereocenters. The zero-order valence-electron chi connectivity index (χ0n) is 15.3. The van der Waals surface area contributed by atoms with Gasteiger partial charge in [-0.3, -0.25) is 4.79 Å². The molecule has 146 valence electrons. The summed E-state index contributed by atoms with van der Waals surface area (Å²) in [7, 11) is 1.57. The molecule has 0 spiro atoms. The molecule has 4 aromatic rings. The molecule has 0 radical (unpaired) electrons. The van der Waals surface area contributed by atoms with Crippen molar-refractivity contribution >= 4 is 65.3 Å². The number of rotatable bonds is 3. The summed E-state index contributed by atoms with van der Waals surface area (Å²) in [6, 6.07) is 10.8. The van der Waals surface area contributed by atoms with Crippen LogP contribution >= 0.6 is 31.9 Å². The molecule has 4 rings (SSSR count). The standard InChI is InChI=1S/C20H14Br2N4O3/c1-9-12(6-10-4-3-5-15(29-2)16(10)23-9)19(27)26-25-18-13-7-11(21)8-14(22)17(13)24-20(18)28/h3-8,24,28H,1-2H3. The summed E-state index contributed by atoms with van der Waals surface area (Å²) in [4.78, 5) is 20.0. The van der Waals surface area contributed by atoms with E-state index in [4.69, 9.17) is 4.74 Å². The van der Waals surface area contributed by atoms with E-state index in [-0.39, 0.29) is 11.6 Å². The van der Waals surface area contributed by atoms with Gasteiger partial charge in [0.15, 0.2) is 5.69 Å². The summed E-state index contributed by atoms with van der Waals surface area (Å²) in [5.41, 5.74) is 2.35. The van der Waals surface area contributed by atoms with Gasteiger partial charge in [0.1, 0.15) is 11.3 Å². The maximum atomic E-state index is 12.7. The first kappa shape index (κ1) is 19.5. The fourth-order valence-corrected chi connectivity index (χ4v) is 4.41. The molecule has 0 aliphatic heterocycles. The van der Waals surface area contributed by atoms with Gasteiger partial charge in [-0.2, -0.15) is 0 Å². The van der Waals surface area contributed by atoms with Crippen LogP contribution in [0.5, 0.6) is 11.6 Å². The highest BCUT2D eigenvalue weighted by molar-refractivity contribution is 9.11. The van der Waals surface area contributed by atoms with Crippen LogP contribution < -0.4 is 4.74 Å². The van der Waals surface area contributed by atoms with Crippen LogP contribution in [0.3, 0.4) is 0 Å². The van der Waals surface area contributed by atoms with Gasteiger partial charge in [0.25, 0.3) is 5.91 Å². The summed E-state index contributed by atoms with van der Waals surface area (Å²) in [5, 5.41) is 19.4. The number of aromatic amines is 1. The number of halogens is 2. The summed E-state index contributed by atoms with van der Waals surface area (Å²) < 4.78 is 6.86. The van der Waals surface area contributed by atoms with Crippen LogP contribution in [0.15, 0.2) is 55.6 Å². The number of aromatic nitrogens is 2. The highest BCUT2D eigenvalue weighted by atomic mass is 79.9. The number of azo groups is 1. The number of H-pyrrole nitrogens is 1. The van der Waals surface area contributed by atoms with Crippen molar-refractivity contribution < 1.29 is 14.6 Å². The third-order valence-electron chi connectivity index (χ3n) is 4.47. The number of hydrogen-bond donors (Lipinski definition) is 2. The molecular weight excluding hydrogens is 504 g/mol. The lowest BCUT2D eigenvalue weighted by atomic mass is 10.1. The third-order valence-corrected chi connectivity index (χ3v) is 5.55. The molecule has 2 aromatic heterocycles. The number of ether oxygens (including phenoxy) is 1. The summed E-state index contributed by atoms with van der Waals surface area (Å²) in [5.74, 6) is -0.0953. The van der Waals surface area contributed by atoms with E-state index in [2.05, 4.69) is 52.1 Å². The number of benzene rings is 2. The molecule has 0 saturated heterocycles. The first-order valence-electron chi connectivity index (χ1n) is 8.49. The number of aryl methyl sites for hydroxylation is 1. The van der Waals surface area contributed by atoms with Gasteiger partial charge in [-0.05, 0) is 47.1 Å². The first-order valence-corrected chi connectivity index (χ1v) is 10.1. The zero-order chi connectivity index (χ0) is 20.7. The van der Waals surface area contributed by atoms with Crippen LogP contribution in [0.2, 0.25) is 0 Å². The zero-order valence-corrected chi connectivity index (χ0v) is 18.5. The number of carbonyl (C=O) groups is 1. The maximum absolute atomic E-state index is 12.7. The van der Waals surface area contributed by atoms with Crippen LogP contribution in [-0.4, -0.2) is 28.1 Å². The molecule has 0 aliphatic carbocycles. The SMILES string of the molecule is COc1cccc2cc(C(=O)N=Nc3c(O)[nH]c4c(Br)cc(Br)cc34)c(C)nc12. The van der Waals surface area contributed by atoms with E-state index in [0.717, 1.165) is 14.3 Å². The average molecular weight is 518 g/mol. The normalized spacial score (nSPS) is 11.6. The number of para-hydroxylation sites is 1. The van der Waals surface area contributed by atoms with Crippen LogP contribution in [0.25, 0.3) is 21.8 Å². The number of nitrogens with one attached hydrogen (secondary N) is 1. The van der Waals surface area contributed by atoms with Gasteiger partial charge in [-0.1, -0.05) is 28.1 Å². The molecule has 7 nitrogen and oxygen atoms in total. The van der Waals surface area contributed by atoms with E-state index >= 15 is 0 Å². The van der Waals surface area contributed by atoms with Crippen molar-refractivity contribution in [2.24, 2.45) is 10.2 Å². The summed E-state index contributed by atoms with van der Waals surface area (Å²) in [6.07, 6.45) is 0. The van der Waals surface area contributed by atoms with E-state index < -0.39 is 5.91 Å². The molecule has 9 heteroatoms. The molecule has 0 saturated carbocycles. The number of aromatic hydroxyl groups is 1. The van der Waals surface area contributed by atoms with E-state index in [1.807, 2.05) is 24.3 Å². The Hall–Kier alpha value is -2.78. The lowest BCUT2D eigenvalue weighted by Gasteiger charge is -2.07. The Balaban J connectivity index is 1.75. The Bertz CT molecular complexity index is 1310. The maximum Gasteiger partial charge on any atom is 0.297 e. The second kappa shape index (κ2) is 7.57. The minimum Gasteiger partial charge on any atom is -0.494 e. The molecule has 29 heavy (non-hydrogen) atoms. The Kier molecular flexibility index (Phi) is 5.10. The molecule has 2 aromatic carbocycles. The van der Waals surface area contributed by atoms with Crippen molar-refractivity contribution in [1.29, 1.82) is 0 Å². The fourth-order valence-electron chi connectivity index (χ4n) is 3.09. The van der Waals surface area contributed by atoms with Gasteiger partial charge >= 0.3 is 0 Å². The first-order chi connectivity index (χ1) is 13.9. The van der Waals surface area contributed by atoms with Gasteiger partial charge in [0.2, 0.25) is 5.88 Å². The number of amides is 1. The van der Waals surface area contributed by atoms with E-state index in [1.165, 1.54) is 0 Å². The quantitative estimate of drug-likeness (QED) is 0.316. The number of methoxy groups -OCH3 is 1. The lowest BCUT2D eigenvalue weighted by Crippen LogP contribution is -2.01. The van der Waals surface area contributed by atoms with E-state index in [0.29, 0.717) is 33.4 Å². The molecular formula is C20H14Br2N4O3. The van der Waals surface area contributed by atoms with Gasteiger partial charge < -0.3 is 14.8 Å². The highest BCUT2D eigenvalue weighted by Gasteiger charge is 2.16. The Morgan fingerprint density at radius 3 is 2.79 bits per heavy atom. The molecule has 0 unspecified atom stereocenters. The smallest absolute Gasteiger partial charge is 0.297 e. The molecule has 0 fully saturated rings. The van der Waals surface area contributed by atoms with Gasteiger partial charge in [0, 0.05) is 19.7 Å². The van der Waals surface area contributed by atoms with Gasteiger partial charge in [-0.15, -0.1) is 10.2 Å². The second-order valence-corrected chi connectivity index (χ2v) is 8.06. The fraction of sp³-hybridized carbons (Fsp3) is 0.100. The van der Waals surface area contributed by atoms with E-state index in [9.17, 15) is 9.90 Å². The van der Waals surface area contributed by atoms with Crippen molar-refractivity contribution in [3.8, 4) is 11.6 Å². The van der Waals surface area contributed by atoms with Crippen LogP contribution in [0, 0.1) is 6.92 Å². The molecule has 1 amide bonds. The minimum atomic E-state index is -0.553. The predicted molar refractivity (Wildman–Crippen MR) is 117 cm³/mol. The average Bonchev–Trinajstić information content (AvgIpc) is 3.00. The number of carbonyl (C=O) groups excluding carboxylic acids is 1. The topological polar surface area (TPSA) is 99.9 Å². The minimum absolute atomic E-state index is 0.173. The van der Waals surface area contributed by atoms with Crippen molar-refractivity contribution in [3.63, 3.8) is 0 Å². The predicted octanol–water partition coefficient (Wildman–Crippen LogP) is 6.19.